The molecule has 154 valence electrons. The van der Waals surface area contributed by atoms with Gasteiger partial charge in [-0.25, -0.2) is 9.59 Å². The molecule has 5 nitrogen and oxygen atoms in total. The summed E-state index contributed by atoms with van der Waals surface area (Å²) in [4.78, 5) is 24.3. The molecule has 0 aromatic heterocycles. The van der Waals surface area contributed by atoms with Crippen LogP contribution in [0.3, 0.4) is 0 Å². The molecule has 2 atom stereocenters. The van der Waals surface area contributed by atoms with Crippen molar-refractivity contribution in [3.8, 4) is 0 Å². The molecule has 0 rings (SSSR count). The number of nitrogens with one attached hydrogen (secondary N) is 1. The Balaban J connectivity index is 4.14. The first-order chi connectivity index (χ1) is 12.2. The van der Waals surface area contributed by atoms with Crippen LogP contribution in [0, 0.1) is 5.92 Å². The van der Waals surface area contributed by atoms with Gasteiger partial charge in [0.05, 0.1) is 6.61 Å². The molecule has 0 spiro atoms. The highest BCUT2D eigenvalue weighted by molar-refractivity contribution is 5.81. The molecule has 0 fully saturated rings. The smallest absolute Gasteiger partial charge is 0.408 e. The highest BCUT2D eigenvalue weighted by Crippen LogP contribution is 2.13. The lowest BCUT2D eigenvalue weighted by Gasteiger charge is -2.25. The van der Waals surface area contributed by atoms with E-state index in [1.807, 2.05) is 13.8 Å². The number of rotatable bonds is 13. The van der Waals surface area contributed by atoms with Crippen molar-refractivity contribution in [2.24, 2.45) is 5.92 Å². The van der Waals surface area contributed by atoms with Gasteiger partial charge in [-0.2, -0.15) is 0 Å². The number of hydrogen-bond donors (Lipinski definition) is 1. The first-order valence-electron chi connectivity index (χ1n) is 10.4. The number of carbonyl (C=O) groups is 2. The topological polar surface area (TPSA) is 64.6 Å². The van der Waals surface area contributed by atoms with Gasteiger partial charge in [0.1, 0.15) is 11.6 Å². The van der Waals surface area contributed by atoms with Crippen molar-refractivity contribution in [2.45, 2.75) is 111 Å². The number of esters is 1. The van der Waals surface area contributed by atoms with Gasteiger partial charge in [-0.3, -0.25) is 0 Å². The monoisotopic (exact) mass is 371 g/mol. The SMILES string of the molecule is CCCCCCCCCCOC(=O)[C@@H](NC(=O)OC(C)(C)C)[C@@H](C)CC. The Morgan fingerprint density at radius 2 is 1.46 bits per heavy atom. The summed E-state index contributed by atoms with van der Waals surface area (Å²) < 4.78 is 10.6. The minimum absolute atomic E-state index is 0.00594. The average Bonchev–Trinajstić information content (AvgIpc) is 2.55. The molecule has 0 bridgehead atoms. The van der Waals surface area contributed by atoms with Gasteiger partial charge >= 0.3 is 12.1 Å². The molecule has 0 aliphatic heterocycles. The largest absolute Gasteiger partial charge is 0.464 e. The van der Waals surface area contributed by atoms with Gasteiger partial charge in [-0.05, 0) is 33.1 Å². The maximum absolute atomic E-state index is 12.4. The van der Waals surface area contributed by atoms with E-state index in [1.165, 1.54) is 38.5 Å². The maximum Gasteiger partial charge on any atom is 0.408 e. The number of carbonyl (C=O) groups excluding carboxylic acids is 2. The standard InChI is InChI=1S/C21H41NO4/c1-7-9-10-11-12-13-14-15-16-25-19(23)18(17(3)8-2)22-20(24)26-21(4,5)6/h17-18H,7-16H2,1-6H3,(H,22,24)/t17-,18-/m0/s1. The molecule has 0 saturated carbocycles. The highest BCUT2D eigenvalue weighted by atomic mass is 16.6. The van der Waals surface area contributed by atoms with Crippen LogP contribution in [0.5, 0.6) is 0 Å². The van der Waals surface area contributed by atoms with Crippen LogP contribution in [0.2, 0.25) is 0 Å². The zero-order chi connectivity index (χ0) is 20.0. The Morgan fingerprint density at radius 3 is 1.96 bits per heavy atom. The minimum Gasteiger partial charge on any atom is -0.464 e. The van der Waals surface area contributed by atoms with Crippen LogP contribution in [0.1, 0.15) is 99.3 Å². The van der Waals surface area contributed by atoms with Crippen molar-refractivity contribution in [1.29, 1.82) is 0 Å². The Bertz CT molecular complexity index is 390. The van der Waals surface area contributed by atoms with Gasteiger partial charge in [-0.1, -0.05) is 72.1 Å². The van der Waals surface area contributed by atoms with Crippen LogP contribution < -0.4 is 5.32 Å². The van der Waals surface area contributed by atoms with Crippen LogP contribution in [-0.4, -0.2) is 30.3 Å². The van der Waals surface area contributed by atoms with E-state index in [1.54, 1.807) is 20.8 Å². The average molecular weight is 372 g/mol. The van der Waals surface area contributed by atoms with Crippen molar-refractivity contribution >= 4 is 12.1 Å². The van der Waals surface area contributed by atoms with Gasteiger partial charge in [0, 0.05) is 0 Å². The third kappa shape index (κ3) is 13.0. The fourth-order valence-electron chi connectivity index (χ4n) is 2.60. The molecule has 0 unspecified atom stereocenters. The zero-order valence-electron chi connectivity index (χ0n) is 17.9. The van der Waals surface area contributed by atoms with Crippen LogP contribution in [-0.2, 0) is 14.3 Å². The summed E-state index contributed by atoms with van der Waals surface area (Å²) in [6.45, 7) is 11.9. The number of alkyl carbamates (subject to hydrolysis) is 1. The van der Waals surface area contributed by atoms with Crippen molar-refractivity contribution in [1.82, 2.24) is 5.32 Å². The van der Waals surface area contributed by atoms with Crippen LogP contribution in [0.4, 0.5) is 4.79 Å². The third-order valence-corrected chi connectivity index (χ3v) is 4.38. The molecule has 0 aliphatic carbocycles. The molecule has 0 aromatic carbocycles. The lowest BCUT2D eigenvalue weighted by molar-refractivity contribution is -0.147. The number of unbranched alkanes of at least 4 members (excludes halogenated alkanes) is 7. The summed E-state index contributed by atoms with van der Waals surface area (Å²) in [6.07, 6.45) is 9.79. The van der Waals surface area contributed by atoms with Gasteiger partial charge in [0.25, 0.3) is 0 Å². The molecule has 1 N–H and O–H groups in total. The summed E-state index contributed by atoms with van der Waals surface area (Å²) in [5.41, 5.74) is -0.592. The van der Waals surface area contributed by atoms with E-state index in [0.717, 1.165) is 19.3 Å². The molecular weight excluding hydrogens is 330 g/mol. The quantitative estimate of drug-likeness (QED) is 0.337. The Hall–Kier alpha value is -1.26. The second-order valence-electron chi connectivity index (χ2n) is 8.15. The molecule has 0 saturated heterocycles. The second kappa shape index (κ2) is 13.9. The highest BCUT2D eigenvalue weighted by Gasteiger charge is 2.29. The molecule has 0 radical (unpaired) electrons. The van der Waals surface area contributed by atoms with Gasteiger partial charge in [-0.15, -0.1) is 0 Å². The van der Waals surface area contributed by atoms with Crippen LogP contribution in [0.15, 0.2) is 0 Å². The lowest BCUT2D eigenvalue weighted by Crippen LogP contribution is -2.47. The molecule has 1 amide bonds. The normalized spacial score (nSPS) is 13.8. The Morgan fingerprint density at radius 1 is 0.923 bits per heavy atom. The summed E-state index contributed by atoms with van der Waals surface area (Å²) in [5, 5.41) is 2.67. The number of ether oxygens (including phenoxy) is 2. The van der Waals surface area contributed by atoms with E-state index in [9.17, 15) is 9.59 Å². The third-order valence-electron chi connectivity index (χ3n) is 4.38. The van der Waals surface area contributed by atoms with E-state index in [-0.39, 0.29) is 11.9 Å². The van der Waals surface area contributed by atoms with Crippen molar-refractivity contribution in [3.63, 3.8) is 0 Å². The summed E-state index contributed by atoms with van der Waals surface area (Å²) in [7, 11) is 0. The predicted octanol–water partition coefficient (Wildman–Crippen LogP) is 5.61. The second-order valence-corrected chi connectivity index (χ2v) is 8.15. The summed E-state index contributed by atoms with van der Waals surface area (Å²) >= 11 is 0. The van der Waals surface area contributed by atoms with Crippen LogP contribution >= 0.6 is 0 Å². The summed E-state index contributed by atoms with van der Waals surface area (Å²) in [6, 6.07) is -0.663. The van der Waals surface area contributed by atoms with E-state index < -0.39 is 17.7 Å². The molecule has 0 aromatic rings. The molecule has 0 heterocycles. The van der Waals surface area contributed by atoms with Crippen molar-refractivity contribution in [2.75, 3.05) is 6.61 Å². The fraction of sp³-hybridized carbons (Fsp3) is 0.905. The van der Waals surface area contributed by atoms with E-state index in [0.29, 0.717) is 6.61 Å². The molecular formula is C21H41NO4. The predicted molar refractivity (Wildman–Crippen MR) is 106 cm³/mol. The Labute approximate surface area is 160 Å². The molecule has 0 aliphatic rings. The summed E-state index contributed by atoms with van der Waals surface area (Å²) in [5.74, 6) is -0.373. The Kier molecular flexibility index (Phi) is 13.2. The van der Waals surface area contributed by atoms with Gasteiger partial charge in [0.15, 0.2) is 0 Å². The maximum atomic E-state index is 12.4. The molecule has 26 heavy (non-hydrogen) atoms. The van der Waals surface area contributed by atoms with Crippen molar-refractivity contribution < 1.29 is 19.1 Å². The van der Waals surface area contributed by atoms with Gasteiger partial charge in [0.2, 0.25) is 0 Å². The number of hydrogen-bond acceptors (Lipinski definition) is 4. The van der Waals surface area contributed by atoms with E-state index >= 15 is 0 Å². The van der Waals surface area contributed by atoms with Gasteiger partial charge < -0.3 is 14.8 Å². The molecule has 5 heteroatoms. The van der Waals surface area contributed by atoms with Crippen molar-refractivity contribution in [3.05, 3.63) is 0 Å². The minimum atomic E-state index is -0.663. The van der Waals surface area contributed by atoms with E-state index in [2.05, 4.69) is 12.2 Å². The van der Waals surface area contributed by atoms with E-state index in [4.69, 9.17) is 9.47 Å². The first-order valence-corrected chi connectivity index (χ1v) is 10.4. The zero-order valence-corrected chi connectivity index (χ0v) is 17.9. The number of amides is 1. The van der Waals surface area contributed by atoms with Crippen LogP contribution in [0.25, 0.3) is 0 Å². The fourth-order valence-corrected chi connectivity index (χ4v) is 2.60. The lowest BCUT2D eigenvalue weighted by atomic mass is 9.99. The first kappa shape index (κ1) is 24.7.